The molecule has 2 fully saturated rings. The van der Waals surface area contributed by atoms with Gasteiger partial charge < -0.3 is 14.3 Å². The topological polar surface area (TPSA) is 88.6 Å². The summed E-state index contributed by atoms with van der Waals surface area (Å²) in [5.74, 6) is -1.31. The van der Waals surface area contributed by atoms with Gasteiger partial charge in [0.2, 0.25) is 0 Å². The molecule has 9 heteroatoms. The van der Waals surface area contributed by atoms with Crippen molar-refractivity contribution in [1.29, 1.82) is 0 Å². The van der Waals surface area contributed by atoms with Gasteiger partial charge in [-0.05, 0) is 40.5 Å². The van der Waals surface area contributed by atoms with Crippen molar-refractivity contribution in [2.24, 2.45) is 5.92 Å². The van der Waals surface area contributed by atoms with Crippen LogP contribution in [0.15, 0.2) is 0 Å². The third-order valence-electron chi connectivity index (χ3n) is 4.65. The molecule has 0 atom stereocenters. The molecule has 2 aliphatic rings. The highest BCUT2D eigenvalue weighted by molar-refractivity contribution is 5.91. The van der Waals surface area contributed by atoms with Crippen LogP contribution in [0.25, 0.3) is 0 Å². The zero-order valence-electron chi connectivity index (χ0n) is 17.4. The number of nitrogens with zero attached hydrogens (tertiary/aromatic N) is 3. The van der Waals surface area contributed by atoms with Gasteiger partial charge in [-0.2, -0.15) is 0 Å². The highest BCUT2D eigenvalue weighted by atomic mass is 16.7. The van der Waals surface area contributed by atoms with Gasteiger partial charge in [-0.3, -0.25) is 9.59 Å². The maximum atomic E-state index is 12.2. The van der Waals surface area contributed by atoms with E-state index in [-0.39, 0.29) is 24.9 Å². The Balaban J connectivity index is 1.68. The predicted molar refractivity (Wildman–Crippen MR) is 101 cm³/mol. The smallest absolute Gasteiger partial charge is 0.336 e. The first-order valence-corrected chi connectivity index (χ1v) is 10.0. The van der Waals surface area contributed by atoms with Gasteiger partial charge in [0.1, 0.15) is 12.0 Å². The highest BCUT2D eigenvalue weighted by Gasteiger charge is 2.32. The summed E-state index contributed by atoms with van der Waals surface area (Å²) in [5.41, 5.74) is -0.449. The van der Waals surface area contributed by atoms with E-state index < -0.39 is 17.5 Å². The fourth-order valence-electron chi connectivity index (χ4n) is 3.33. The Morgan fingerprint density at radius 3 is 2.00 bits per heavy atom. The Kier molecular flexibility index (Phi) is 8.21. The Labute approximate surface area is 166 Å². The van der Waals surface area contributed by atoms with Crippen LogP contribution in [0.3, 0.4) is 0 Å². The van der Waals surface area contributed by atoms with Gasteiger partial charge in [-0.15, -0.1) is 5.06 Å². The first-order chi connectivity index (χ1) is 13.2. The van der Waals surface area contributed by atoms with Crippen LogP contribution in [-0.2, 0) is 28.7 Å². The molecule has 0 amide bonds. The molecule has 0 aromatic rings. The number of hydrogen-bond donors (Lipinski definition) is 0. The zero-order valence-corrected chi connectivity index (χ0v) is 17.4. The number of carbonyl (C=O) groups excluding carboxylic acids is 3. The summed E-state index contributed by atoms with van der Waals surface area (Å²) in [6, 6.07) is 0. The number of piperidine rings is 1. The van der Waals surface area contributed by atoms with E-state index in [0.717, 1.165) is 39.0 Å². The molecule has 0 unspecified atom stereocenters. The van der Waals surface area contributed by atoms with Crippen LogP contribution >= 0.6 is 0 Å². The Hall–Kier alpha value is -1.71. The van der Waals surface area contributed by atoms with Crippen molar-refractivity contribution < 1.29 is 28.7 Å². The predicted octanol–water partition coefficient (Wildman–Crippen LogP) is 0.984. The molecule has 2 rings (SSSR count). The van der Waals surface area contributed by atoms with E-state index in [9.17, 15) is 14.4 Å². The van der Waals surface area contributed by atoms with Crippen molar-refractivity contribution in [3.8, 4) is 0 Å². The van der Waals surface area contributed by atoms with E-state index in [1.165, 1.54) is 0 Å². The van der Waals surface area contributed by atoms with Crippen LogP contribution in [-0.4, -0.2) is 84.5 Å². The van der Waals surface area contributed by atoms with E-state index in [0.29, 0.717) is 13.1 Å². The lowest BCUT2D eigenvalue weighted by Crippen LogP contribution is -2.56. The lowest BCUT2D eigenvalue weighted by atomic mass is 9.97. The molecule has 0 N–H and O–H groups in total. The second-order valence-corrected chi connectivity index (χ2v) is 8.09. The summed E-state index contributed by atoms with van der Waals surface area (Å²) in [4.78, 5) is 40.5. The summed E-state index contributed by atoms with van der Waals surface area (Å²) in [7, 11) is 0. The lowest BCUT2D eigenvalue weighted by molar-refractivity contribution is -0.209. The fourth-order valence-corrected chi connectivity index (χ4v) is 3.33. The minimum Gasteiger partial charge on any atom is -0.466 e. The number of piperazine rings is 1. The molecule has 0 aromatic heterocycles. The second kappa shape index (κ2) is 10.2. The highest BCUT2D eigenvalue weighted by Crippen LogP contribution is 2.23. The van der Waals surface area contributed by atoms with E-state index in [4.69, 9.17) is 14.3 Å². The summed E-state index contributed by atoms with van der Waals surface area (Å²) in [6.45, 7) is 11.8. The zero-order chi connectivity index (χ0) is 20.7. The SMILES string of the molecule is CCOC(=O)CC(=O)ON1CCN(N2CCC(C(=O)OC(C)(C)C)CC2)CC1. The number of rotatable bonds is 6. The molecule has 0 saturated carbocycles. The molecule has 2 heterocycles. The van der Waals surface area contributed by atoms with Gasteiger partial charge in [0.25, 0.3) is 0 Å². The molecule has 0 bridgehead atoms. The molecule has 28 heavy (non-hydrogen) atoms. The third kappa shape index (κ3) is 7.37. The maximum Gasteiger partial charge on any atom is 0.336 e. The largest absolute Gasteiger partial charge is 0.466 e. The molecular formula is C19H33N3O6. The normalized spacial score (nSPS) is 20.6. The number of ether oxygens (including phenoxy) is 2. The minimum atomic E-state index is -0.593. The summed E-state index contributed by atoms with van der Waals surface area (Å²) in [6.07, 6.45) is 1.19. The molecule has 160 valence electrons. The van der Waals surface area contributed by atoms with Crippen LogP contribution in [0.5, 0.6) is 0 Å². The number of carbonyl (C=O) groups is 3. The molecule has 0 aliphatic carbocycles. The average Bonchev–Trinajstić information content (AvgIpc) is 2.61. The first kappa shape index (κ1) is 22.6. The van der Waals surface area contributed by atoms with E-state index >= 15 is 0 Å². The number of hydrazine groups is 1. The van der Waals surface area contributed by atoms with Crippen LogP contribution in [0, 0.1) is 5.92 Å². The monoisotopic (exact) mass is 399 g/mol. The van der Waals surface area contributed by atoms with Crippen LogP contribution < -0.4 is 0 Å². The van der Waals surface area contributed by atoms with E-state index in [2.05, 4.69) is 10.0 Å². The van der Waals surface area contributed by atoms with Crippen molar-refractivity contribution in [2.75, 3.05) is 45.9 Å². The molecule has 0 aromatic carbocycles. The van der Waals surface area contributed by atoms with Crippen molar-refractivity contribution in [1.82, 2.24) is 15.1 Å². The van der Waals surface area contributed by atoms with Crippen molar-refractivity contribution >= 4 is 17.9 Å². The molecule has 9 nitrogen and oxygen atoms in total. The van der Waals surface area contributed by atoms with Gasteiger partial charge >= 0.3 is 17.9 Å². The number of hydrogen-bond acceptors (Lipinski definition) is 9. The lowest BCUT2D eigenvalue weighted by Gasteiger charge is -2.43. The van der Waals surface area contributed by atoms with Crippen molar-refractivity contribution in [2.45, 2.75) is 52.6 Å². The first-order valence-electron chi connectivity index (χ1n) is 10.0. The van der Waals surface area contributed by atoms with Crippen molar-refractivity contribution in [3.63, 3.8) is 0 Å². The molecule has 0 spiro atoms. The van der Waals surface area contributed by atoms with Crippen molar-refractivity contribution in [3.05, 3.63) is 0 Å². The van der Waals surface area contributed by atoms with E-state index in [1.54, 1.807) is 12.0 Å². The van der Waals surface area contributed by atoms with Gasteiger partial charge in [-0.1, -0.05) is 0 Å². The Bertz CT molecular complexity index is 546. The second-order valence-electron chi connectivity index (χ2n) is 8.09. The summed E-state index contributed by atoms with van der Waals surface area (Å²) < 4.78 is 10.2. The maximum absolute atomic E-state index is 12.2. The molecule has 2 saturated heterocycles. The summed E-state index contributed by atoms with van der Waals surface area (Å²) in [5, 5.41) is 6.09. The molecule has 2 aliphatic heterocycles. The van der Waals surface area contributed by atoms with Crippen LogP contribution in [0.2, 0.25) is 0 Å². The fraction of sp³-hybridized carbons (Fsp3) is 0.842. The average molecular weight is 399 g/mol. The van der Waals surface area contributed by atoms with Gasteiger partial charge in [0.05, 0.1) is 12.5 Å². The number of hydroxylamine groups is 2. The minimum absolute atomic E-state index is 0.0411. The Morgan fingerprint density at radius 1 is 0.893 bits per heavy atom. The molecular weight excluding hydrogens is 366 g/mol. The van der Waals surface area contributed by atoms with Crippen LogP contribution in [0.4, 0.5) is 0 Å². The van der Waals surface area contributed by atoms with Gasteiger partial charge in [-0.25, -0.2) is 14.8 Å². The van der Waals surface area contributed by atoms with Gasteiger partial charge in [0, 0.05) is 39.3 Å². The molecule has 0 radical (unpaired) electrons. The van der Waals surface area contributed by atoms with E-state index in [1.807, 2.05) is 20.8 Å². The Morgan fingerprint density at radius 2 is 1.46 bits per heavy atom. The number of esters is 2. The van der Waals surface area contributed by atoms with Crippen LogP contribution in [0.1, 0.15) is 47.0 Å². The third-order valence-corrected chi connectivity index (χ3v) is 4.65. The standard InChI is InChI=1S/C19H33N3O6/c1-5-26-16(23)14-17(24)28-22-12-10-21(11-13-22)20-8-6-15(7-9-20)18(25)27-19(2,3)4/h15H,5-14H2,1-4H3. The summed E-state index contributed by atoms with van der Waals surface area (Å²) >= 11 is 0. The quantitative estimate of drug-likeness (QED) is 0.479. The van der Waals surface area contributed by atoms with Gasteiger partial charge in [0.15, 0.2) is 0 Å².